The Balaban J connectivity index is 1.50. The van der Waals surface area contributed by atoms with Crippen LogP contribution in [0, 0.1) is 35.4 Å². The fraction of sp³-hybridized carbons (Fsp3) is 0.333. The predicted octanol–water partition coefficient (Wildman–Crippen LogP) is 5.00. The van der Waals surface area contributed by atoms with E-state index in [0.717, 1.165) is 37.9 Å². The third kappa shape index (κ3) is 3.62. The molecule has 3 saturated carbocycles. The van der Waals surface area contributed by atoms with Crippen molar-refractivity contribution in [3.63, 3.8) is 0 Å². The summed E-state index contributed by atoms with van der Waals surface area (Å²) < 4.78 is 48.2. The third-order valence-corrected chi connectivity index (χ3v) is 7.20. The zero-order chi connectivity index (χ0) is 24.3. The summed E-state index contributed by atoms with van der Waals surface area (Å²) in [6.07, 6.45) is 5.90. The number of H-pyrrole nitrogens is 1. The molecule has 0 amide bonds. The summed E-state index contributed by atoms with van der Waals surface area (Å²) in [4.78, 5) is 27.6. The number of aliphatic carboxylic acids is 1. The molecule has 4 aromatic heterocycles. The second kappa shape index (κ2) is 8.10. The number of rotatable bonds is 5. The van der Waals surface area contributed by atoms with E-state index in [1.165, 1.54) is 18.3 Å². The van der Waals surface area contributed by atoms with Crippen LogP contribution in [-0.4, -0.2) is 37.1 Å². The Hall–Kier alpha value is -3.89. The molecule has 7 rings (SSSR count). The van der Waals surface area contributed by atoms with Crippen molar-refractivity contribution >= 4 is 22.8 Å². The average Bonchev–Trinajstić information content (AvgIpc) is 3.46. The molecule has 0 aliphatic heterocycles. The SMILES string of the molecule is O=C(O)C1C2CCC(CC2)C1Nc1nc(-c2c[nH]c3ncc(F)cc23)nc(-c2ccc(F)o2)c1F. The zero-order valence-electron chi connectivity index (χ0n) is 18.3. The molecule has 3 aliphatic carbocycles. The second-order valence-corrected chi connectivity index (χ2v) is 9.12. The van der Waals surface area contributed by atoms with Crippen LogP contribution in [0.1, 0.15) is 25.7 Å². The van der Waals surface area contributed by atoms with Crippen molar-refractivity contribution in [2.75, 3.05) is 5.32 Å². The number of fused-ring (bicyclic) bond motifs is 4. The first-order valence-corrected chi connectivity index (χ1v) is 11.3. The highest BCUT2D eigenvalue weighted by molar-refractivity contribution is 5.92. The van der Waals surface area contributed by atoms with Crippen LogP contribution in [-0.2, 0) is 4.79 Å². The molecule has 0 aromatic carbocycles. The Kier molecular flexibility index (Phi) is 5.01. The van der Waals surface area contributed by atoms with E-state index in [1.807, 2.05) is 0 Å². The van der Waals surface area contributed by atoms with Crippen LogP contribution in [0.3, 0.4) is 0 Å². The number of anilines is 1. The van der Waals surface area contributed by atoms with Crippen molar-refractivity contribution in [2.45, 2.75) is 31.7 Å². The van der Waals surface area contributed by atoms with Gasteiger partial charge in [-0.15, -0.1) is 0 Å². The lowest BCUT2D eigenvalue weighted by Crippen LogP contribution is -2.51. The number of carboxylic acid groups (broad SMARTS) is 1. The Morgan fingerprint density at radius 2 is 1.89 bits per heavy atom. The van der Waals surface area contributed by atoms with Crippen molar-refractivity contribution in [1.29, 1.82) is 0 Å². The van der Waals surface area contributed by atoms with Crippen LogP contribution >= 0.6 is 0 Å². The van der Waals surface area contributed by atoms with Crippen LogP contribution in [0.2, 0.25) is 0 Å². The Morgan fingerprint density at radius 1 is 1.11 bits per heavy atom. The van der Waals surface area contributed by atoms with E-state index in [4.69, 9.17) is 4.42 Å². The number of aromatic nitrogens is 4. The van der Waals surface area contributed by atoms with Crippen molar-refractivity contribution < 1.29 is 27.5 Å². The van der Waals surface area contributed by atoms with Crippen molar-refractivity contribution in [1.82, 2.24) is 19.9 Å². The first-order chi connectivity index (χ1) is 16.9. The molecule has 4 aromatic rings. The quantitative estimate of drug-likeness (QED) is 0.366. The molecule has 3 N–H and O–H groups in total. The normalized spacial score (nSPS) is 23.6. The van der Waals surface area contributed by atoms with Gasteiger partial charge in [-0.1, -0.05) is 0 Å². The smallest absolute Gasteiger partial charge is 0.308 e. The van der Waals surface area contributed by atoms with E-state index >= 15 is 4.39 Å². The molecule has 0 radical (unpaired) electrons. The molecule has 2 unspecified atom stereocenters. The molecule has 3 fully saturated rings. The summed E-state index contributed by atoms with van der Waals surface area (Å²) in [5.74, 6) is -3.38. The van der Waals surface area contributed by atoms with E-state index in [1.54, 1.807) is 0 Å². The Bertz CT molecular complexity index is 1440. The van der Waals surface area contributed by atoms with Crippen LogP contribution in [0.15, 0.2) is 35.0 Å². The maximum absolute atomic E-state index is 15.7. The summed E-state index contributed by atoms with van der Waals surface area (Å²) in [6, 6.07) is 2.09. The van der Waals surface area contributed by atoms with Gasteiger partial charge in [0.15, 0.2) is 23.2 Å². The largest absolute Gasteiger partial charge is 0.481 e. The summed E-state index contributed by atoms with van der Waals surface area (Å²) in [6.45, 7) is 0. The van der Waals surface area contributed by atoms with Crippen molar-refractivity contribution in [3.05, 3.63) is 48.2 Å². The Morgan fingerprint density at radius 3 is 2.60 bits per heavy atom. The molecule has 2 bridgehead atoms. The number of hydrogen-bond donors (Lipinski definition) is 3. The van der Waals surface area contributed by atoms with E-state index in [0.29, 0.717) is 16.6 Å². The fourth-order valence-electron chi connectivity index (χ4n) is 5.60. The van der Waals surface area contributed by atoms with E-state index < -0.39 is 35.6 Å². The minimum absolute atomic E-state index is 0.000626. The van der Waals surface area contributed by atoms with Gasteiger partial charge in [0.05, 0.1) is 12.1 Å². The summed E-state index contributed by atoms with van der Waals surface area (Å²) in [7, 11) is 0. The van der Waals surface area contributed by atoms with Gasteiger partial charge in [-0.2, -0.15) is 4.39 Å². The number of halogens is 3. The van der Waals surface area contributed by atoms with Gasteiger partial charge in [-0.05, 0) is 49.7 Å². The lowest BCUT2D eigenvalue weighted by atomic mass is 9.61. The molecule has 4 heterocycles. The number of carbonyl (C=O) groups is 1. The number of pyridine rings is 1. The van der Waals surface area contributed by atoms with E-state index in [-0.39, 0.29) is 34.9 Å². The van der Waals surface area contributed by atoms with Crippen LogP contribution in [0.5, 0.6) is 0 Å². The van der Waals surface area contributed by atoms with Gasteiger partial charge in [0.1, 0.15) is 17.2 Å². The van der Waals surface area contributed by atoms with Crippen molar-refractivity contribution in [2.24, 2.45) is 17.8 Å². The highest BCUT2D eigenvalue weighted by Gasteiger charge is 2.47. The molecular weight excluding hydrogens is 463 g/mol. The third-order valence-electron chi connectivity index (χ3n) is 7.20. The standard InChI is InChI=1S/C24H20F3N5O3/c25-12-7-13-14(9-29-21(13)28-8-12)22-31-20(15-5-6-16(26)35-15)18(27)23(32-22)30-19-11-3-1-10(2-4-11)17(19)24(33)34/h5-11,17,19H,1-4H2,(H,28,29)(H,33,34)(H,30,31,32). The molecule has 180 valence electrons. The van der Waals surface area contributed by atoms with Gasteiger partial charge >= 0.3 is 5.97 Å². The lowest BCUT2D eigenvalue weighted by Gasteiger charge is -2.47. The topological polar surface area (TPSA) is 117 Å². The number of carboxylic acids is 1. The summed E-state index contributed by atoms with van der Waals surface area (Å²) >= 11 is 0. The molecule has 2 atom stereocenters. The maximum atomic E-state index is 15.7. The van der Waals surface area contributed by atoms with Gasteiger partial charge in [0.2, 0.25) is 0 Å². The minimum Gasteiger partial charge on any atom is -0.481 e. The van der Waals surface area contributed by atoms with E-state index in [9.17, 15) is 18.7 Å². The van der Waals surface area contributed by atoms with E-state index in [2.05, 4.69) is 25.3 Å². The van der Waals surface area contributed by atoms with Gasteiger partial charge in [-0.3, -0.25) is 4.79 Å². The van der Waals surface area contributed by atoms with Crippen LogP contribution < -0.4 is 5.32 Å². The highest BCUT2D eigenvalue weighted by atomic mass is 19.1. The van der Waals surface area contributed by atoms with Gasteiger partial charge in [0, 0.05) is 29.3 Å². The molecular formula is C24H20F3N5O3. The van der Waals surface area contributed by atoms with Gasteiger partial charge < -0.3 is 19.8 Å². The number of furan rings is 1. The van der Waals surface area contributed by atoms with Crippen LogP contribution in [0.25, 0.3) is 33.9 Å². The second-order valence-electron chi connectivity index (χ2n) is 9.12. The molecule has 11 heteroatoms. The minimum atomic E-state index is -0.932. The summed E-state index contributed by atoms with van der Waals surface area (Å²) in [5.41, 5.74) is 0.432. The van der Waals surface area contributed by atoms with Crippen molar-refractivity contribution in [3.8, 4) is 22.8 Å². The first-order valence-electron chi connectivity index (χ1n) is 11.3. The van der Waals surface area contributed by atoms with Crippen LogP contribution in [0.4, 0.5) is 19.0 Å². The molecule has 0 spiro atoms. The summed E-state index contributed by atoms with van der Waals surface area (Å²) in [5, 5.41) is 13.3. The van der Waals surface area contributed by atoms with Gasteiger partial charge in [-0.25, -0.2) is 23.7 Å². The number of nitrogens with zero attached hydrogens (tertiary/aromatic N) is 3. The first kappa shape index (κ1) is 21.6. The molecule has 0 saturated heterocycles. The maximum Gasteiger partial charge on any atom is 0.308 e. The number of hydrogen-bond acceptors (Lipinski definition) is 6. The average molecular weight is 483 g/mol. The highest BCUT2D eigenvalue weighted by Crippen LogP contribution is 2.46. The number of nitrogens with one attached hydrogen (secondary N) is 2. The monoisotopic (exact) mass is 483 g/mol. The van der Waals surface area contributed by atoms with Gasteiger partial charge in [0.25, 0.3) is 6.01 Å². The lowest BCUT2D eigenvalue weighted by molar-refractivity contribution is -0.148. The molecule has 8 nitrogen and oxygen atoms in total. The molecule has 3 aliphatic rings. The molecule has 35 heavy (non-hydrogen) atoms. The predicted molar refractivity (Wildman–Crippen MR) is 119 cm³/mol. The fourth-order valence-corrected chi connectivity index (χ4v) is 5.60. The Labute approximate surface area is 196 Å². The zero-order valence-corrected chi connectivity index (χ0v) is 18.3. The number of aromatic amines is 1.